The monoisotopic (exact) mass is 302 g/mol. The summed E-state index contributed by atoms with van der Waals surface area (Å²) in [6.07, 6.45) is 1.18. The van der Waals surface area contributed by atoms with Crippen LogP contribution < -0.4 is 5.32 Å². The zero-order valence-electron chi connectivity index (χ0n) is 13.9. The Hall–Kier alpha value is -1.84. The maximum absolute atomic E-state index is 12.6. The third kappa shape index (κ3) is 4.09. The van der Waals surface area contributed by atoms with Crippen LogP contribution in [0.25, 0.3) is 0 Å². The minimum Gasteiger partial charge on any atom is -0.338 e. The number of hydrogen-bond acceptors (Lipinski definition) is 2. The number of hydrogen-bond donors (Lipinski definition) is 1. The molecule has 22 heavy (non-hydrogen) atoms. The second-order valence-electron chi connectivity index (χ2n) is 6.88. The first kappa shape index (κ1) is 16.5. The highest BCUT2D eigenvalue weighted by Gasteiger charge is 2.26. The Balaban J connectivity index is 2.03. The maximum Gasteiger partial charge on any atom is 0.253 e. The summed E-state index contributed by atoms with van der Waals surface area (Å²) in [4.78, 5) is 26.2. The molecule has 1 aromatic rings. The van der Waals surface area contributed by atoms with Gasteiger partial charge in [0.2, 0.25) is 5.91 Å². The third-order valence-corrected chi connectivity index (χ3v) is 4.08. The molecule has 1 N–H and O–H groups in total. The molecule has 0 radical (unpaired) electrons. The molecule has 0 spiro atoms. The van der Waals surface area contributed by atoms with E-state index in [0.29, 0.717) is 17.4 Å². The summed E-state index contributed by atoms with van der Waals surface area (Å²) in [5, 5.41) is 2.84. The van der Waals surface area contributed by atoms with Crippen molar-refractivity contribution in [3.63, 3.8) is 0 Å². The molecule has 1 saturated heterocycles. The predicted octanol–water partition coefficient (Wildman–Crippen LogP) is 3.40. The summed E-state index contributed by atoms with van der Waals surface area (Å²) >= 11 is 0. The van der Waals surface area contributed by atoms with Gasteiger partial charge in [-0.15, -0.1) is 0 Å². The van der Waals surface area contributed by atoms with E-state index in [2.05, 4.69) is 19.2 Å². The van der Waals surface area contributed by atoms with Gasteiger partial charge in [-0.1, -0.05) is 27.7 Å². The van der Waals surface area contributed by atoms with E-state index in [1.165, 1.54) is 6.42 Å². The Labute approximate surface area is 132 Å². The molecule has 4 heteroatoms. The van der Waals surface area contributed by atoms with Crippen molar-refractivity contribution in [2.75, 3.05) is 18.4 Å². The topological polar surface area (TPSA) is 49.4 Å². The Morgan fingerprint density at radius 3 is 2.14 bits per heavy atom. The minimum atomic E-state index is -0.0577. The van der Waals surface area contributed by atoms with Gasteiger partial charge >= 0.3 is 0 Å². The van der Waals surface area contributed by atoms with Crippen molar-refractivity contribution in [2.45, 2.75) is 34.1 Å². The largest absolute Gasteiger partial charge is 0.338 e. The molecular formula is C18H26N2O2. The second-order valence-corrected chi connectivity index (χ2v) is 6.88. The van der Waals surface area contributed by atoms with E-state index in [1.807, 2.05) is 18.7 Å². The van der Waals surface area contributed by atoms with Crippen LogP contribution in [0.15, 0.2) is 24.3 Å². The molecule has 0 aliphatic carbocycles. The summed E-state index contributed by atoms with van der Waals surface area (Å²) < 4.78 is 0. The van der Waals surface area contributed by atoms with Crippen molar-refractivity contribution in [2.24, 2.45) is 17.8 Å². The van der Waals surface area contributed by atoms with Crippen LogP contribution in [0, 0.1) is 17.8 Å². The first-order valence-corrected chi connectivity index (χ1v) is 8.07. The smallest absolute Gasteiger partial charge is 0.253 e. The molecule has 120 valence electrons. The van der Waals surface area contributed by atoms with E-state index < -0.39 is 0 Å². The molecule has 0 aromatic heterocycles. The highest BCUT2D eigenvalue weighted by atomic mass is 16.2. The normalized spacial score (nSPS) is 21.8. The van der Waals surface area contributed by atoms with Gasteiger partial charge in [0.15, 0.2) is 0 Å². The summed E-state index contributed by atoms with van der Waals surface area (Å²) in [5.41, 5.74) is 1.42. The van der Waals surface area contributed by atoms with Crippen molar-refractivity contribution in [3.05, 3.63) is 29.8 Å². The van der Waals surface area contributed by atoms with Crippen LogP contribution in [-0.2, 0) is 4.79 Å². The summed E-state index contributed by atoms with van der Waals surface area (Å²) in [7, 11) is 0. The molecular weight excluding hydrogens is 276 g/mol. The number of nitrogens with zero attached hydrogens (tertiary/aromatic N) is 1. The van der Waals surface area contributed by atoms with E-state index in [9.17, 15) is 9.59 Å². The fraction of sp³-hybridized carbons (Fsp3) is 0.556. The first-order valence-electron chi connectivity index (χ1n) is 8.07. The summed E-state index contributed by atoms with van der Waals surface area (Å²) in [6.45, 7) is 9.75. The molecule has 2 amide bonds. The van der Waals surface area contributed by atoms with Crippen LogP contribution in [0.3, 0.4) is 0 Å². The quantitative estimate of drug-likeness (QED) is 0.930. The predicted molar refractivity (Wildman–Crippen MR) is 88.8 cm³/mol. The SMILES string of the molecule is CC(C)C(=O)Nc1ccc(C(=O)N2C[C@@H](C)C[C@H](C)C2)cc1. The lowest BCUT2D eigenvalue weighted by molar-refractivity contribution is -0.118. The number of anilines is 1. The number of carbonyl (C=O) groups is 2. The number of piperidine rings is 1. The lowest BCUT2D eigenvalue weighted by Crippen LogP contribution is -2.42. The standard InChI is InChI=1S/C18H26N2O2/c1-12(2)17(21)19-16-7-5-15(6-8-16)18(22)20-10-13(3)9-14(4)11-20/h5-8,12-14H,9-11H2,1-4H3,(H,19,21)/t13-,14-/m0/s1. The van der Waals surface area contributed by atoms with E-state index in [-0.39, 0.29) is 17.7 Å². The number of rotatable bonds is 3. The molecule has 1 aliphatic rings. The summed E-state index contributed by atoms with van der Waals surface area (Å²) in [6, 6.07) is 7.18. The van der Waals surface area contributed by atoms with Crippen LogP contribution in [0.1, 0.15) is 44.5 Å². The van der Waals surface area contributed by atoms with Gasteiger partial charge in [0.1, 0.15) is 0 Å². The first-order chi connectivity index (χ1) is 10.4. The van der Waals surface area contributed by atoms with E-state index >= 15 is 0 Å². The molecule has 0 saturated carbocycles. The molecule has 2 atom stereocenters. The zero-order valence-corrected chi connectivity index (χ0v) is 13.9. The highest BCUT2D eigenvalue weighted by Crippen LogP contribution is 2.23. The van der Waals surface area contributed by atoms with E-state index in [1.54, 1.807) is 24.3 Å². The Morgan fingerprint density at radius 1 is 1.09 bits per heavy atom. The van der Waals surface area contributed by atoms with Gasteiger partial charge in [0, 0.05) is 30.3 Å². The van der Waals surface area contributed by atoms with Crippen LogP contribution in [-0.4, -0.2) is 29.8 Å². The molecule has 0 unspecified atom stereocenters. The number of carbonyl (C=O) groups excluding carboxylic acids is 2. The van der Waals surface area contributed by atoms with Crippen LogP contribution in [0.5, 0.6) is 0 Å². The minimum absolute atomic E-state index is 0.0160. The molecule has 1 fully saturated rings. The fourth-order valence-corrected chi connectivity index (χ4v) is 2.99. The van der Waals surface area contributed by atoms with Gasteiger partial charge < -0.3 is 10.2 Å². The van der Waals surface area contributed by atoms with Gasteiger partial charge in [-0.25, -0.2) is 0 Å². The Bertz CT molecular complexity index is 527. The van der Waals surface area contributed by atoms with E-state index in [0.717, 1.165) is 18.8 Å². The summed E-state index contributed by atoms with van der Waals surface area (Å²) in [5.74, 6) is 1.12. The molecule has 1 heterocycles. The van der Waals surface area contributed by atoms with Crippen LogP contribution in [0.4, 0.5) is 5.69 Å². The number of benzene rings is 1. The number of nitrogens with one attached hydrogen (secondary N) is 1. The van der Waals surface area contributed by atoms with Gasteiger partial charge in [-0.2, -0.15) is 0 Å². The molecule has 1 aromatic carbocycles. The van der Waals surface area contributed by atoms with E-state index in [4.69, 9.17) is 0 Å². The second kappa shape index (κ2) is 6.95. The number of likely N-dealkylation sites (tertiary alicyclic amines) is 1. The van der Waals surface area contributed by atoms with Crippen LogP contribution >= 0.6 is 0 Å². The van der Waals surface area contributed by atoms with Gasteiger partial charge in [-0.05, 0) is 42.5 Å². The molecule has 2 rings (SSSR count). The van der Waals surface area contributed by atoms with Crippen molar-refractivity contribution in [1.82, 2.24) is 4.90 Å². The maximum atomic E-state index is 12.6. The molecule has 1 aliphatic heterocycles. The average molecular weight is 302 g/mol. The Kier molecular flexibility index (Phi) is 5.22. The highest BCUT2D eigenvalue weighted by molar-refractivity contribution is 5.96. The molecule has 4 nitrogen and oxygen atoms in total. The van der Waals surface area contributed by atoms with Gasteiger partial charge in [-0.3, -0.25) is 9.59 Å². The fourth-order valence-electron chi connectivity index (χ4n) is 2.99. The molecule has 0 bridgehead atoms. The lowest BCUT2D eigenvalue weighted by atomic mass is 9.91. The van der Waals surface area contributed by atoms with Crippen LogP contribution in [0.2, 0.25) is 0 Å². The average Bonchev–Trinajstić information content (AvgIpc) is 2.46. The zero-order chi connectivity index (χ0) is 16.3. The van der Waals surface area contributed by atoms with Gasteiger partial charge in [0.05, 0.1) is 0 Å². The Morgan fingerprint density at radius 2 is 1.64 bits per heavy atom. The number of amides is 2. The van der Waals surface area contributed by atoms with Crippen molar-refractivity contribution < 1.29 is 9.59 Å². The van der Waals surface area contributed by atoms with Crippen molar-refractivity contribution >= 4 is 17.5 Å². The third-order valence-electron chi connectivity index (χ3n) is 4.08. The van der Waals surface area contributed by atoms with Crippen molar-refractivity contribution in [3.8, 4) is 0 Å². The van der Waals surface area contributed by atoms with Crippen molar-refractivity contribution in [1.29, 1.82) is 0 Å². The lowest BCUT2D eigenvalue weighted by Gasteiger charge is -2.35. The van der Waals surface area contributed by atoms with Gasteiger partial charge in [0.25, 0.3) is 5.91 Å².